The van der Waals surface area contributed by atoms with E-state index in [9.17, 15) is 0 Å². The topological polar surface area (TPSA) is 61.4 Å². The van der Waals surface area contributed by atoms with Gasteiger partial charge in [0.25, 0.3) is 0 Å². The average Bonchev–Trinajstić information content (AvgIpc) is 3.78. The van der Waals surface area contributed by atoms with Gasteiger partial charge in [-0.25, -0.2) is 4.99 Å². The van der Waals surface area contributed by atoms with Crippen molar-refractivity contribution in [3.8, 4) is 5.69 Å². The van der Waals surface area contributed by atoms with Crippen molar-refractivity contribution in [1.82, 2.24) is 9.13 Å². The lowest BCUT2D eigenvalue weighted by Gasteiger charge is -2.12. The molecule has 0 aliphatic rings. The van der Waals surface area contributed by atoms with Crippen LogP contribution in [0.25, 0.3) is 71.0 Å². The second-order valence-corrected chi connectivity index (χ2v) is 12.6. The molecule has 0 saturated carbocycles. The number of nitrogens with zero attached hydrogens (tertiary/aromatic N) is 3. The van der Waals surface area contributed by atoms with E-state index in [1.807, 2.05) is 30.3 Å². The molecule has 0 spiro atoms. The van der Waals surface area contributed by atoms with Gasteiger partial charge in [-0.15, -0.1) is 0 Å². The normalized spacial score (nSPS) is 12.4. The minimum absolute atomic E-state index is 0.450. The first kappa shape index (κ1) is 27.5. The number of amidine groups is 1. The first-order chi connectivity index (χ1) is 24.2. The van der Waals surface area contributed by atoms with E-state index < -0.39 is 0 Å². The van der Waals surface area contributed by atoms with Crippen molar-refractivity contribution in [2.45, 2.75) is 6.54 Å². The summed E-state index contributed by atoms with van der Waals surface area (Å²) in [7, 11) is 0. The molecule has 7 aromatic carbocycles. The Morgan fingerprint density at radius 1 is 0.551 bits per heavy atom. The largest absolute Gasteiger partial charge is 0.457 e. The van der Waals surface area contributed by atoms with Crippen LogP contribution in [0.3, 0.4) is 0 Å². The van der Waals surface area contributed by atoms with Crippen LogP contribution in [0.1, 0.15) is 11.3 Å². The lowest BCUT2D eigenvalue weighted by molar-refractivity contribution is 0.538. The number of hydrogen-bond donors (Lipinski definition) is 1. The predicted molar refractivity (Wildman–Crippen MR) is 203 cm³/mol. The molecule has 5 heteroatoms. The van der Waals surface area contributed by atoms with E-state index in [-0.39, 0.29) is 0 Å². The number of aliphatic imine (C=N–C) groups is 1. The second-order valence-electron chi connectivity index (χ2n) is 12.6. The summed E-state index contributed by atoms with van der Waals surface area (Å²) in [5.41, 5.74) is 14.9. The fraction of sp³-hybridized carbons (Fsp3) is 0.0227. The SMILES string of the molecule is NC(=Nc1c(Cn2c3ccccc3c3ccc4c5ccccc5n(-c5ccccc5)c4c32)oc2cc3ccccc3cc12)c1ccccc1. The van der Waals surface area contributed by atoms with Gasteiger partial charge in [-0.3, -0.25) is 0 Å². The van der Waals surface area contributed by atoms with Crippen LogP contribution in [-0.4, -0.2) is 15.0 Å². The van der Waals surface area contributed by atoms with E-state index in [1.165, 1.54) is 27.1 Å². The first-order valence-electron chi connectivity index (χ1n) is 16.6. The zero-order valence-corrected chi connectivity index (χ0v) is 26.5. The van der Waals surface area contributed by atoms with Crippen LogP contribution in [0.4, 0.5) is 5.69 Å². The number of aromatic nitrogens is 2. The third-order valence-corrected chi connectivity index (χ3v) is 9.78. The number of nitrogens with two attached hydrogens (primary N) is 1. The minimum atomic E-state index is 0.450. The molecular formula is C44H30N4O. The molecular weight excluding hydrogens is 601 g/mol. The molecule has 0 radical (unpaired) electrons. The number of benzene rings is 7. The van der Waals surface area contributed by atoms with Crippen molar-refractivity contribution < 1.29 is 4.42 Å². The summed E-state index contributed by atoms with van der Waals surface area (Å²) in [4.78, 5) is 5.11. The highest BCUT2D eigenvalue weighted by Crippen LogP contribution is 2.42. The summed E-state index contributed by atoms with van der Waals surface area (Å²) in [6, 6.07) is 55.1. The monoisotopic (exact) mass is 630 g/mol. The first-order valence-corrected chi connectivity index (χ1v) is 16.6. The van der Waals surface area contributed by atoms with Crippen LogP contribution < -0.4 is 5.73 Å². The van der Waals surface area contributed by atoms with Crippen molar-refractivity contribution in [2.75, 3.05) is 0 Å². The molecule has 0 aliphatic heterocycles. The maximum atomic E-state index is 6.81. The molecule has 0 saturated heterocycles. The van der Waals surface area contributed by atoms with Gasteiger partial charge in [0.15, 0.2) is 5.76 Å². The number of fused-ring (bicyclic) bond motifs is 9. The molecule has 3 heterocycles. The van der Waals surface area contributed by atoms with E-state index in [2.05, 4.69) is 137 Å². The standard InChI is InChI=1S/C44H30N4O/c45-44(28-13-3-1-4-14-28)46-41-36-25-29-15-7-8-16-30(29)26-39(36)49-40(41)27-47-37-21-11-9-19-32(37)34-23-24-35-33-20-10-12-22-38(33)48(43(35)42(34)47)31-17-5-2-6-18-31/h1-26H,27H2,(H2,45,46). The maximum absolute atomic E-state index is 6.81. The summed E-state index contributed by atoms with van der Waals surface area (Å²) in [5.74, 6) is 1.21. The molecule has 10 rings (SSSR count). The van der Waals surface area contributed by atoms with E-state index in [1.54, 1.807) is 0 Å². The van der Waals surface area contributed by atoms with E-state index >= 15 is 0 Å². The lowest BCUT2D eigenvalue weighted by atomic mass is 10.1. The van der Waals surface area contributed by atoms with Crippen molar-refractivity contribution in [3.05, 3.63) is 169 Å². The number of hydrogen-bond acceptors (Lipinski definition) is 2. The summed E-state index contributed by atoms with van der Waals surface area (Å²) < 4.78 is 11.6. The molecule has 0 atom stereocenters. The van der Waals surface area contributed by atoms with Gasteiger partial charge in [0.2, 0.25) is 0 Å². The van der Waals surface area contributed by atoms with Gasteiger partial charge in [-0.05, 0) is 47.2 Å². The zero-order valence-electron chi connectivity index (χ0n) is 26.5. The van der Waals surface area contributed by atoms with Gasteiger partial charge >= 0.3 is 0 Å². The van der Waals surface area contributed by atoms with Gasteiger partial charge in [0.1, 0.15) is 17.1 Å². The Morgan fingerprint density at radius 3 is 1.90 bits per heavy atom. The molecule has 0 bridgehead atoms. The van der Waals surface area contributed by atoms with Crippen LogP contribution >= 0.6 is 0 Å². The third-order valence-electron chi connectivity index (χ3n) is 9.78. The van der Waals surface area contributed by atoms with E-state index in [0.717, 1.165) is 61.0 Å². The highest BCUT2D eigenvalue weighted by molar-refractivity contribution is 6.23. The van der Waals surface area contributed by atoms with Gasteiger partial charge in [-0.1, -0.05) is 121 Å². The molecule has 0 fully saturated rings. The van der Waals surface area contributed by atoms with E-state index in [4.69, 9.17) is 15.1 Å². The lowest BCUT2D eigenvalue weighted by Crippen LogP contribution is -2.12. The van der Waals surface area contributed by atoms with Gasteiger partial charge in [-0.2, -0.15) is 0 Å². The number of furan rings is 1. The fourth-order valence-corrected chi connectivity index (χ4v) is 7.58. The van der Waals surface area contributed by atoms with Crippen LogP contribution in [0.5, 0.6) is 0 Å². The van der Waals surface area contributed by atoms with Crippen molar-refractivity contribution >= 4 is 76.9 Å². The van der Waals surface area contributed by atoms with Crippen molar-refractivity contribution in [2.24, 2.45) is 10.7 Å². The molecule has 49 heavy (non-hydrogen) atoms. The summed E-state index contributed by atoms with van der Waals surface area (Å²) >= 11 is 0. The fourth-order valence-electron chi connectivity index (χ4n) is 7.58. The maximum Gasteiger partial charge on any atom is 0.150 e. The Balaban J connectivity index is 1.30. The summed E-state index contributed by atoms with van der Waals surface area (Å²) in [6.45, 7) is 0.464. The molecule has 0 amide bonds. The number of rotatable bonds is 5. The smallest absolute Gasteiger partial charge is 0.150 e. The van der Waals surface area contributed by atoms with Gasteiger partial charge in [0, 0.05) is 43.7 Å². The Bertz CT molecular complexity index is 2910. The Hall–Kier alpha value is -6.59. The highest BCUT2D eigenvalue weighted by Gasteiger charge is 2.23. The van der Waals surface area contributed by atoms with Gasteiger partial charge in [0.05, 0.1) is 23.1 Å². The summed E-state index contributed by atoms with van der Waals surface area (Å²) in [5, 5.41) is 8.00. The minimum Gasteiger partial charge on any atom is -0.457 e. The van der Waals surface area contributed by atoms with Crippen molar-refractivity contribution in [1.29, 1.82) is 0 Å². The highest BCUT2D eigenvalue weighted by atomic mass is 16.3. The predicted octanol–water partition coefficient (Wildman–Crippen LogP) is 10.9. The molecule has 0 unspecified atom stereocenters. The van der Waals surface area contributed by atoms with Crippen LogP contribution in [0.15, 0.2) is 167 Å². The molecule has 10 aromatic rings. The second kappa shape index (κ2) is 10.7. The Labute approximate surface area is 281 Å². The quantitative estimate of drug-likeness (QED) is 0.152. The summed E-state index contributed by atoms with van der Waals surface area (Å²) in [6.07, 6.45) is 0. The molecule has 0 aliphatic carbocycles. The van der Waals surface area contributed by atoms with Crippen LogP contribution in [-0.2, 0) is 6.54 Å². The number of para-hydroxylation sites is 3. The van der Waals surface area contributed by atoms with Crippen molar-refractivity contribution in [3.63, 3.8) is 0 Å². The van der Waals surface area contributed by atoms with E-state index in [0.29, 0.717) is 12.4 Å². The third kappa shape index (κ3) is 4.22. The van der Waals surface area contributed by atoms with Crippen LogP contribution in [0, 0.1) is 0 Å². The molecule has 5 nitrogen and oxygen atoms in total. The van der Waals surface area contributed by atoms with Crippen LogP contribution in [0.2, 0.25) is 0 Å². The molecule has 232 valence electrons. The average molecular weight is 631 g/mol. The Kier molecular flexibility index (Phi) is 6.02. The zero-order chi connectivity index (χ0) is 32.5. The Morgan fingerprint density at radius 2 is 1.14 bits per heavy atom. The molecule has 2 N–H and O–H groups in total. The molecule has 3 aromatic heterocycles. The van der Waals surface area contributed by atoms with Gasteiger partial charge < -0.3 is 19.3 Å².